The molecule has 2 atom stereocenters. The fourth-order valence-electron chi connectivity index (χ4n) is 4.65. The molecule has 1 N–H and O–H groups in total. The first-order chi connectivity index (χ1) is 12.7. The SMILES string of the molecule is O=C(Cc1c[nH]c2ccccc12)N1C[C@H]2C[C@@H](C1)c1cccc(=O)n1C2. The number of para-hydroxylation sites is 1. The second-order valence-electron chi connectivity index (χ2n) is 7.53. The number of nitrogens with one attached hydrogen (secondary N) is 1. The molecule has 132 valence electrons. The Bertz CT molecular complexity index is 1050. The molecule has 5 nitrogen and oxygen atoms in total. The average molecular weight is 347 g/mol. The van der Waals surface area contributed by atoms with E-state index in [9.17, 15) is 9.59 Å². The number of hydrogen-bond acceptors (Lipinski definition) is 2. The molecule has 1 aromatic carbocycles. The van der Waals surface area contributed by atoms with E-state index in [1.165, 1.54) is 0 Å². The summed E-state index contributed by atoms with van der Waals surface area (Å²) in [4.78, 5) is 30.3. The van der Waals surface area contributed by atoms with E-state index in [0.29, 0.717) is 18.9 Å². The molecule has 0 aliphatic carbocycles. The zero-order valence-corrected chi connectivity index (χ0v) is 14.5. The Morgan fingerprint density at radius 3 is 2.88 bits per heavy atom. The van der Waals surface area contributed by atoms with Gasteiger partial charge in [0.25, 0.3) is 5.56 Å². The highest BCUT2D eigenvalue weighted by molar-refractivity contribution is 5.89. The van der Waals surface area contributed by atoms with E-state index in [4.69, 9.17) is 0 Å². The van der Waals surface area contributed by atoms with Gasteiger partial charge >= 0.3 is 0 Å². The molecular formula is C21H21N3O2. The minimum Gasteiger partial charge on any atom is -0.361 e. The number of aromatic amines is 1. The van der Waals surface area contributed by atoms with Gasteiger partial charge in [0.05, 0.1) is 6.42 Å². The van der Waals surface area contributed by atoms with Crippen molar-refractivity contribution in [3.05, 3.63) is 70.3 Å². The standard InChI is InChI=1S/C21H21N3O2/c25-20-7-3-6-19-16-8-14(12-24(19)20)11-23(13-16)21(26)9-15-10-22-18-5-2-1-4-17(15)18/h1-7,10,14,16,22H,8-9,11-13H2/t14-,16+/m1/s1. The minimum atomic E-state index is 0.0794. The molecule has 1 saturated heterocycles. The molecule has 2 aliphatic rings. The van der Waals surface area contributed by atoms with Gasteiger partial charge in [0.1, 0.15) is 0 Å². The van der Waals surface area contributed by atoms with Crippen LogP contribution >= 0.6 is 0 Å². The summed E-state index contributed by atoms with van der Waals surface area (Å²) >= 11 is 0. The Morgan fingerprint density at radius 1 is 1.08 bits per heavy atom. The van der Waals surface area contributed by atoms with Gasteiger partial charge in [0.15, 0.2) is 0 Å². The molecule has 26 heavy (non-hydrogen) atoms. The highest BCUT2D eigenvalue weighted by atomic mass is 16.2. The van der Waals surface area contributed by atoms with Gasteiger partial charge in [0, 0.05) is 54.4 Å². The smallest absolute Gasteiger partial charge is 0.250 e. The van der Waals surface area contributed by atoms with Crippen LogP contribution in [0.4, 0.5) is 0 Å². The maximum absolute atomic E-state index is 13.0. The van der Waals surface area contributed by atoms with Crippen LogP contribution in [-0.2, 0) is 17.8 Å². The van der Waals surface area contributed by atoms with E-state index in [-0.39, 0.29) is 17.4 Å². The largest absolute Gasteiger partial charge is 0.361 e. The topological polar surface area (TPSA) is 58.1 Å². The summed E-state index contributed by atoms with van der Waals surface area (Å²) in [5.74, 6) is 0.813. The lowest BCUT2D eigenvalue weighted by Crippen LogP contribution is -2.49. The average Bonchev–Trinajstić information content (AvgIpc) is 3.05. The van der Waals surface area contributed by atoms with Crippen molar-refractivity contribution in [2.45, 2.75) is 25.3 Å². The van der Waals surface area contributed by atoms with Crippen molar-refractivity contribution in [3.8, 4) is 0 Å². The lowest BCUT2D eigenvalue weighted by molar-refractivity contribution is -0.133. The van der Waals surface area contributed by atoms with Crippen LogP contribution in [0.2, 0.25) is 0 Å². The van der Waals surface area contributed by atoms with Crippen molar-refractivity contribution in [2.75, 3.05) is 13.1 Å². The van der Waals surface area contributed by atoms with Gasteiger partial charge < -0.3 is 14.5 Å². The first kappa shape index (κ1) is 15.4. The van der Waals surface area contributed by atoms with E-state index < -0.39 is 0 Å². The highest BCUT2D eigenvalue weighted by Gasteiger charge is 2.36. The Morgan fingerprint density at radius 2 is 1.96 bits per heavy atom. The number of H-pyrrole nitrogens is 1. The third-order valence-electron chi connectivity index (χ3n) is 5.85. The van der Waals surface area contributed by atoms with Crippen LogP contribution in [0.25, 0.3) is 10.9 Å². The van der Waals surface area contributed by atoms with Crippen molar-refractivity contribution < 1.29 is 4.79 Å². The summed E-state index contributed by atoms with van der Waals surface area (Å²) in [5.41, 5.74) is 3.28. The Kier molecular flexibility index (Phi) is 3.48. The molecule has 0 spiro atoms. The zero-order valence-electron chi connectivity index (χ0n) is 14.5. The molecule has 1 fully saturated rings. The Hall–Kier alpha value is -2.82. The van der Waals surface area contributed by atoms with Crippen LogP contribution in [0.5, 0.6) is 0 Å². The number of pyridine rings is 1. The van der Waals surface area contributed by atoms with Crippen molar-refractivity contribution in [1.29, 1.82) is 0 Å². The lowest BCUT2D eigenvalue weighted by atomic mass is 9.83. The Balaban J connectivity index is 1.39. The monoisotopic (exact) mass is 347 g/mol. The van der Waals surface area contributed by atoms with Gasteiger partial charge in [-0.3, -0.25) is 9.59 Å². The number of nitrogens with zero attached hydrogens (tertiary/aromatic N) is 2. The van der Waals surface area contributed by atoms with E-state index in [2.05, 4.69) is 11.1 Å². The normalized spacial score (nSPS) is 21.6. The maximum Gasteiger partial charge on any atom is 0.250 e. The second kappa shape index (κ2) is 5.87. The fraction of sp³-hybridized carbons (Fsp3) is 0.333. The van der Waals surface area contributed by atoms with E-state index >= 15 is 0 Å². The maximum atomic E-state index is 13.0. The van der Waals surface area contributed by atoms with Crippen LogP contribution < -0.4 is 5.56 Å². The molecule has 4 heterocycles. The van der Waals surface area contributed by atoms with Crippen LogP contribution in [0, 0.1) is 5.92 Å². The van der Waals surface area contributed by atoms with E-state index in [0.717, 1.165) is 41.7 Å². The van der Waals surface area contributed by atoms with Gasteiger partial charge in [0.2, 0.25) is 5.91 Å². The van der Waals surface area contributed by atoms with Crippen molar-refractivity contribution in [3.63, 3.8) is 0 Å². The predicted octanol–water partition coefficient (Wildman–Crippen LogP) is 2.52. The molecule has 0 unspecified atom stereocenters. The minimum absolute atomic E-state index is 0.0794. The molecule has 2 aromatic heterocycles. The summed E-state index contributed by atoms with van der Waals surface area (Å²) in [6.45, 7) is 2.18. The molecule has 2 aliphatic heterocycles. The summed E-state index contributed by atoms with van der Waals surface area (Å²) in [5, 5.41) is 1.12. The predicted molar refractivity (Wildman–Crippen MR) is 100 cm³/mol. The fourth-order valence-corrected chi connectivity index (χ4v) is 4.65. The first-order valence-electron chi connectivity index (χ1n) is 9.21. The van der Waals surface area contributed by atoms with Gasteiger partial charge in [-0.25, -0.2) is 0 Å². The number of likely N-dealkylation sites (tertiary alicyclic amines) is 1. The third-order valence-corrected chi connectivity index (χ3v) is 5.85. The number of amides is 1. The summed E-state index contributed by atoms with van der Waals surface area (Å²) in [7, 11) is 0. The molecule has 1 amide bonds. The summed E-state index contributed by atoms with van der Waals surface area (Å²) in [6, 6.07) is 13.6. The molecule has 0 radical (unpaired) electrons. The van der Waals surface area contributed by atoms with Crippen LogP contribution in [0.15, 0.2) is 53.5 Å². The molecule has 3 aromatic rings. The van der Waals surface area contributed by atoms with Gasteiger partial charge in [-0.05, 0) is 30.0 Å². The number of benzene rings is 1. The van der Waals surface area contributed by atoms with Crippen molar-refractivity contribution >= 4 is 16.8 Å². The number of rotatable bonds is 2. The molecular weight excluding hydrogens is 326 g/mol. The lowest BCUT2D eigenvalue weighted by Gasteiger charge is -2.42. The van der Waals surface area contributed by atoms with Crippen LogP contribution in [0.3, 0.4) is 0 Å². The third kappa shape index (κ3) is 2.46. The first-order valence-corrected chi connectivity index (χ1v) is 9.21. The molecule has 5 heteroatoms. The molecule has 0 saturated carbocycles. The number of hydrogen-bond donors (Lipinski definition) is 1. The highest BCUT2D eigenvalue weighted by Crippen LogP contribution is 2.35. The van der Waals surface area contributed by atoms with Crippen LogP contribution in [-0.4, -0.2) is 33.4 Å². The zero-order chi connectivity index (χ0) is 17.7. The Labute approximate surface area is 151 Å². The van der Waals surface area contributed by atoms with Crippen molar-refractivity contribution in [1.82, 2.24) is 14.5 Å². The van der Waals surface area contributed by atoms with Crippen LogP contribution in [0.1, 0.15) is 23.6 Å². The summed E-state index contributed by atoms with van der Waals surface area (Å²) in [6.07, 6.45) is 3.44. The van der Waals surface area contributed by atoms with Crippen molar-refractivity contribution in [2.24, 2.45) is 5.92 Å². The number of piperidine rings is 1. The van der Waals surface area contributed by atoms with Gasteiger partial charge in [-0.1, -0.05) is 24.3 Å². The molecule has 2 bridgehead atoms. The van der Waals surface area contributed by atoms with E-state index in [1.54, 1.807) is 6.07 Å². The summed E-state index contributed by atoms with van der Waals surface area (Å²) < 4.78 is 1.90. The number of fused-ring (bicyclic) bond motifs is 5. The number of aromatic nitrogens is 2. The quantitative estimate of drug-likeness (QED) is 0.774. The van der Waals surface area contributed by atoms with Gasteiger partial charge in [-0.2, -0.15) is 0 Å². The molecule has 5 rings (SSSR count). The van der Waals surface area contributed by atoms with Gasteiger partial charge in [-0.15, -0.1) is 0 Å². The number of carbonyl (C=O) groups excluding carboxylic acids is 1. The van der Waals surface area contributed by atoms with E-state index in [1.807, 2.05) is 46.0 Å². The second-order valence-corrected chi connectivity index (χ2v) is 7.53. The number of carbonyl (C=O) groups is 1.